The molecule has 5 heteroatoms. The largest absolute Gasteiger partial charge is 0.497 e. The normalized spacial score (nSPS) is 11.7. The third-order valence-electron chi connectivity index (χ3n) is 2.59. The number of nitrogens with one attached hydrogen (secondary N) is 1. The first-order valence-electron chi connectivity index (χ1n) is 6.43. The summed E-state index contributed by atoms with van der Waals surface area (Å²) in [5.41, 5.74) is 5.34. The van der Waals surface area contributed by atoms with Gasteiger partial charge in [0, 0.05) is 6.42 Å². The lowest BCUT2D eigenvalue weighted by Gasteiger charge is -2.15. The highest BCUT2D eigenvalue weighted by atomic mass is 16.5. The van der Waals surface area contributed by atoms with E-state index in [0.717, 1.165) is 11.5 Å². The van der Waals surface area contributed by atoms with Gasteiger partial charge in [-0.2, -0.15) is 0 Å². The molecule has 1 atom stereocenters. The van der Waals surface area contributed by atoms with Gasteiger partial charge in [0.25, 0.3) is 0 Å². The van der Waals surface area contributed by atoms with E-state index in [4.69, 9.17) is 15.2 Å². The van der Waals surface area contributed by atoms with Crippen molar-refractivity contribution in [2.24, 2.45) is 5.73 Å². The Morgan fingerprint density at radius 3 is 2.53 bits per heavy atom. The molecule has 1 aromatic carbocycles. The van der Waals surface area contributed by atoms with Crippen molar-refractivity contribution in [1.82, 2.24) is 5.32 Å². The van der Waals surface area contributed by atoms with Gasteiger partial charge in [-0.3, -0.25) is 4.79 Å². The lowest BCUT2D eigenvalue weighted by atomic mass is 10.3. The molecular formula is C14H22N2O3. The zero-order chi connectivity index (χ0) is 14.1. The van der Waals surface area contributed by atoms with Crippen LogP contribution in [0.2, 0.25) is 0 Å². The van der Waals surface area contributed by atoms with E-state index in [9.17, 15) is 4.79 Å². The molecule has 0 aliphatic heterocycles. The second kappa shape index (κ2) is 8.37. The molecule has 5 nitrogen and oxygen atoms in total. The fraction of sp³-hybridized carbons (Fsp3) is 0.500. The van der Waals surface area contributed by atoms with Crippen LogP contribution in [0.15, 0.2) is 24.3 Å². The Hall–Kier alpha value is -1.75. The molecule has 0 fully saturated rings. The minimum atomic E-state index is -0.0878. The van der Waals surface area contributed by atoms with Gasteiger partial charge in [-0.1, -0.05) is 0 Å². The van der Waals surface area contributed by atoms with Crippen molar-refractivity contribution in [2.45, 2.75) is 25.9 Å². The maximum absolute atomic E-state index is 11.4. The van der Waals surface area contributed by atoms with Crippen LogP contribution in [0.3, 0.4) is 0 Å². The molecule has 0 heterocycles. The average molecular weight is 266 g/mol. The Labute approximate surface area is 114 Å². The van der Waals surface area contributed by atoms with Crippen molar-refractivity contribution in [2.75, 3.05) is 20.2 Å². The first-order chi connectivity index (χ1) is 9.15. The molecule has 0 aromatic heterocycles. The summed E-state index contributed by atoms with van der Waals surface area (Å²) in [6.45, 7) is 2.92. The number of amides is 1. The lowest BCUT2D eigenvalue weighted by molar-refractivity contribution is -0.121. The first-order valence-corrected chi connectivity index (χ1v) is 6.43. The second-order valence-corrected chi connectivity index (χ2v) is 4.30. The van der Waals surface area contributed by atoms with Crippen molar-refractivity contribution < 1.29 is 14.3 Å². The summed E-state index contributed by atoms with van der Waals surface area (Å²) in [5, 5.41) is 2.82. The van der Waals surface area contributed by atoms with Crippen LogP contribution in [-0.4, -0.2) is 32.2 Å². The summed E-state index contributed by atoms with van der Waals surface area (Å²) in [6.07, 6.45) is 1.08. The van der Waals surface area contributed by atoms with Gasteiger partial charge in [0.1, 0.15) is 17.6 Å². The van der Waals surface area contributed by atoms with Gasteiger partial charge in [-0.05, 0) is 44.2 Å². The molecule has 19 heavy (non-hydrogen) atoms. The highest BCUT2D eigenvalue weighted by Gasteiger charge is 2.06. The van der Waals surface area contributed by atoms with Gasteiger partial charge in [-0.25, -0.2) is 0 Å². The van der Waals surface area contributed by atoms with Crippen LogP contribution in [0.5, 0.6) is 11.5 Å². The number of ether oxygens (including phenoxy) is 2. The van der Waals surface area contributed by atoms with E-state index in [1.165, 1.54) is 0 Å². The standard InChI is InChI=1S/C14H22N2O3/c1-11(10-16-14(17)4-3-9-15)19-13-7-5-12(18-2)6-8-13/h5-8,11H,3-4,9-10,15H2,1-2H3,(H,16,17). The van der Waals surface area contributed by atoms with E-state index in [1.807, 2.05) is 31.2 Å². The molecule has 1 aromatic rings. The van der Waals surface area contributed by atoms with Crippen molar-refractivity contribution >= 4 is 5.91 Å². The SMILES string of the molecule is COc1ccc(OC(C)CNC(=O)CCCN)cc1. The van der Waals surface area contributed by atoms with E-state index in [0.29, 0.717) is 25.9 Å². The van der Waals surface area contributed by atoms with Crippen LogP contribution in [0, 0.1) is 0 Å². The molecule has 106 valence electrons. The third kappa shape index (κ3) is 6.10. The predicted molar refractivity (Wildman–Crippen MR) is 74.4 cm³/mol. The van der Waals surface area contributed by atoms with Crippen molar-refractivity contribution in [3.8, 4) is 11.5 Å². The number of carbonyl (C=O) groups excluding carboxylic acids is 1. The second-order valence-electron chi connectivity index (χ2n) is 4.30. The summed E-state index contributed by atoms with van der Waals surface area (Å²) >= 11 is 0. The third-order valence-corrected chi connectivity index (χ3v) is 2.59. The molecule has 0 aliphatic rings. The number of nitrogens with two attached hydrogens (primary N) is 1. The Morgan fingerprint density at radius 2 is 1.95 bits per heavy atom. The maximum Gasteiger partial charge on any atom is 0.220 e. The van der Waals surface area contributed by atoms with E-state index in [1.54, 1.807) is 7.11 Å². The van der Waals surface area contributed by atoms with Crippen molar-refractivity contribution in [1.29, 1.82) is 0 Å². The number of benzene rings is 1. The predicted octanol–water partition coefficient (Wildman–Crippen LogP) is 1.32. The highest BCUT2D eigenvalue weighted by Crippen LogP contribution is 2.17. The molecule has 0 aliphatic carbocycles. The van der Waals surface area contributed by atoms with Gasteiger partial charge in [0.05, 0.1) is 13.7 Å². The fourth-order valence-corrected chi connectivity index (χ4v) is 1.54. The smallest absolute Gasteiger partial charge is 0.220 e. The van der Waals surface area contributed by atoms with Crippen LogP contribution in [0.4, 0.5) is 0 Å². The fourth-order valence-electron chi connectivity index (χ4n) is 1.54. The Balaban J connectivity index is 2.29. The van der Waals surface area contributed by atoms with E-state index in [-0.39, 0.29) is 12.0 Å². The molecule has 3 N–H and O–H groups in total. The molecule has 1 amide bonds. The maximum atomic E-state index is 11.4. The first kappa shape index (κ1) is 15.3. The van der Waals surface area contributed by atoms with Crippen molar-refractivity contribution in [3.05, 3.63) is 24.3 Å². The molecule has 0 saturated heterocycles. The lowest BCUT2D eigenvalue weighted by Crippen LogP contribution is -2.33. The van der Waals surface area contributed by atoms with E-state index < -0.39 is 0 Å². The molecule has 0 radical (unpaired) electrons. The van der Waals surface area contributed by atoms with E-state index in [2.05, 4.69) is 5.32 Å². The Bertz CT molecular complexity index is 379. The molecular weight excluding hydrogens is 244 g/mol. The zero-order valence-electron chi connectivity index (χ0n) is 11.5. The van der Waals surface area contributed by atoms with Gasteiger partial charge in [-0.15, -0.1) is 0 Å². The average Bonchev–Trinajstić information content (AvgIpc) is 2.43. The number of rotatable bonds is 8. The minimum Gasteiger partial charge on any atom is -0.497 e. The molecule has 1 rings (SSSR count). The molecule has 1 unspecified atom stereocenters. The van der Waals surface area contributed by atoms with Crippen molar-refractivity contribution in [3.63, 3.8) is 0 Å². The number of carbonyl (C=O) groups is 1. The number of hydrogen-bond donors (Lipinski definition) is 2. The molecule has 0 saturated carbocycles. The highest BCUT2D eigenvalue weighted by molar-refractivity contribution is 5.75. The quantitative estimate of drug-likeness (QED) is 0.744. The van der Waals surface area contributed by atoms with Gasteiger partial charge in [0.2, 0.25) is 5.91 Å². The molecule has 0 spiro atoms. The minimum absolute atomic E-state index is 0.00984. The summed E-state index contributed by atoms with van der Waals surface area (Å²) in [6, 6.07) is 7.35. The van der Waals surface area contributed by atoms with Gasteiger partial charge in [0.15, 0.2) is 0 Å². The molecule has 0 bridgehead atoms. The van der Waals surface area contributed by atoms with Crippen LogP contribution in [-0.2, 0) is 4.79 Å². The van der Waals surface area contributed by atoms with Gasteiger partial charge >= 0.3 is 0 Å². The van der Waals surface area contributed by atoms with E-state index >= 15 is 0 Å². The summed E-state index contributed by atoms with van der Waals surface area (Å²) in [7, 11) is 1.62. The zero-order valence-corrected chi connectivity index (χ0v) is 11.5. The van der Waals surface area contributed by atoms with Crippen LogP contribution >= 0.6 is 0 Å². The van der Waals surface area contributed by atoms with Gasteiger partial charge < -0.3 is 20.5 Å². The van der Waals surface area contributed by atoms with Crippen LogP contribution in [0.1, 0.15) is 19.8 Å². The Morgan fingerprint density at radius 1 is 1.32 bits per heavy atom. The van der Waals surface area contributed by atoms with Crippen LogP contribution < -0.4 is 20.5 Å². The topological polar surface area (TPSA) is 73.6 Å². The summed E-state index contributed by atoms with van der Waals surface area (Å²) in [5.74, 6) is 1.55. The number of methoxy groups -OCH3 is 1. The number of hydrogen-bond acceptors (Lipinski definition) is 4. The monoisotopic (exact) mass is 266 g/mol. The Kier molecular flexibility index (Phi) is 6.74. The summed E-state index contributed by atoms with van der Waals surface area (Å²) < 4.78 is 10.7. The van der Waals surface area contributed by atoms with Crippen LogP contribution in [0.25, 0.3) is 0 Å². The summed E-state index contributed by atoms with van der Waals surface area (Å²) in [4.78, 5) is 11.4.